The lowest BCUT2D eigenvalue weighted by atomic mass is 10.2. The molecule has 0 aliphatic carbocycles. The fourth-order valence-corrected chi connectivity index (χ4v) is 4.04. The summed E-state index contributed by atoms with van der Waals surface area (Å²) in [5.74, 6) is 0.808. The Labute approximate surface area is 143 Å². The highest BCUT2D eigenvalue weighted by molar-refractivity contribution is 7.17. The molecule has 8 heteroatoms. The molecule has 1 N–H and O–H groups in total. The van der Waals surface area contributed by atoms with Crippen LogP contribution < -0.4 is 5.56 Å². The van der Waals surface area contributed by atoms with Crippen molar-refractivity contribution in [1.82, 2.24) is 19.8 Å². The highest BCUT2D eigenvalue weighted by Crippen LogP contribution is 2.17. The molecule has 4 rings (SSSR count). The van der Waals surface area contributed by atoms with Crippen molar-refractivity contribution in [2.45, 2.75) is 25.5 Å². The summed E-state index contributed by atoms with van der Waals surface area (Å²) >= 11 is 1.41. The lowest BCUT2D eigenvalue weighted by Crippen LogP contribution is -2.51. The number of aromatic nitrogens is 2. The van der Waals surface area contributed by atoms with Crippen LogP contribution in [0.25, 0.3) is 10.2 Å². The molecule has 0 spiro atoms. The quantitative estimate of drug-likeness (QED) is 0.888. The van der Waals surface area contributed by atoms with Crippen molar-refractivity contribution in [3.8, 4) is 0 Å². The number of nitrogens with one attached hydrogen (secondary N) is 1. The molecular weight excluding hydrogens is 328 g/mol. The summed E-state index contributed by atoms with van der Waals surface area (Å²) in [5.41, 5.74) is 0.683. The number of aromatic amines is 1. The lowest BCUT2D eigenvalue weighted by Gasteiger charge is -2.35. The van der Waals surface area contributed by atoms with Gasteiger partial charge in [0.15, 0.2) is 0 Å². The molecule has 7 nitrogen and oxygen atoms in total. The number of nitrogens with zero attached hydrogens (tertiary/aromatic N) is 3. The summed E-state index contributed by atoms with van der Waals surface area (Å²) in [5, 5.41) is 1.88. The fourth-order valence-electron chi connectivity index (χ4n) is 3.31. The van der Waals surface area contributed by atoms with Crippen LogP contribution in [0.4, 0.5) is 0 Å². The van der Waals surface area contributed by atoms with Gasteiger partial charge in [0, 0.05) is 32.8 Å². The third kappa shape index (κ3) is 3.09. The predicted octanol–water partition coefficient (Wildman–Crippen LogP) is 0.808. The molecule has 2 aromatic heterocycles. The molecule has 128 valence electrons. The van der Waals surface area contributed by atoms with Gasteiger partial charge in [-0.15, -0.1) is 11.3 Å². The molecule has 1 atom stereocenters. The third-order valence-corrected chi connectivity index (χ3v) is 5.53. The van der Waals surface area contributed by atoms with Crippen LogP contribution in [0.2, 0.25) is 0 Å². The molecule has 2 aliphatic rings. The lowest BCUT2D eigenvalue weighted by molar-refractivity contribution is -0.142. The first-order valence-electron chi connectivity index (χ1n) is 8.30. The number of hydrogen-bond donors (Lipinski definition) is 1. The molecule has 0 bridgehead atoms. The van der Waals surface area contributed by atoms with Crippen molar-refractivity contribution < 1.29 is 9.53 Å². The second-order valence-corrected chi connectivity index (χ2v) is 7.17. The van der Waals surface area contributed by atoms with Crippen LogP contribution in [-0.2, 0) is 16.1 Å². The summed E-state index contributed by atoms with van der Waals surface area (Å²) < 4.78 is 6.16. The van der Waals surface area contributed by atoms with Gasteiger partial charge in [0.1, 0.15) is 16.6 Å². The maximum atomic E-state index is 12.4. The normalized spacial score (nSPS) is 22.3. The van der Waals surface area contributed by atoms with E-state index in [1.54, 1.807) is 0 Å². The minimum Gasteiger partial charge on any atom is -0.368 e. The number of H-pyrrole nitrogens is 1. The van der Waals surface area contributed by atoms with Crippen molar-refractivity contribution in [3.63, 3.8) is 0 Å². The highest BCUT2D eigenvalue weighted by Gasteiger charge is 2.30. The van der Waals surface area contributed by atoms with Crippen LogP contribution in [0.15, 0.2) is 16.2 Å². The third-order valence-electron chi connectivity index (χ3n) is 4.63. The van der Waals surface area contributed by atoms with E-state index in [-0.39, 0.29) is 17.6 Å². The summed E-state index contributed by atoms with van der Waals surface area (Å²) in [6, 6.07) is 1.87. The van der Waals surface area contributed by atoms with Gasteiger partial charge in [0.05, 0.1) is 12.1 Å². The van der Waals surface area contributed by atoms with Crippen molar-refractivity contribution in [1.29, 1.82) is 0 Å². The maximum Gasteiger partial charge on any atom is 0.268 e. The second-order valence-electron chi connectivity index (χ2n) is 6.25. The highest BCUT2D eigenvalue weighted by atomic mass is 32.1. The van der Waals surface area contributed by atoms with Crippen LogP contribution in [-0.4, -0.2) is 64.6 Å². The average Bonchev–Trinajstić information content (AvgIpc) is 3.26. The fraction of sp³-hybridized carbons (Fsp3) is 0.562. The molecule has 24 heavy (non-hydrogen) atoms. The Balaban J connectivity index is 1.37. The molecule has 2 fully saturated rings. The van der Waals surface area contributed by atoms with Gasteiger partial charge in [0.25, 0.3) is 11.5 Å². The first kappa shape index (κ1) is 15.7. The Hall–Kier alpha value is -1.77. The van der Waals surface area contributed by atoms with Crippen LogP contribution in [0.5, 0.6) is 0 Å². The Bertz CT molecular complexity index is 788. The molecule has 1 amide bonds. The largest absolute Gasteiger partial charge is 0.368 e. The molecule has 2 aromatic rings. The van der Waals surface area contributed by atoms with E-state index in [1.807, 2.05) is 16.3 Å². The minimum absolute atomic E-state index is 0.0720. The first-order chi connectivity index (χ1) is 11.7. The number of hydrogen-bond acceptors (Lipinski definition) is 6. The molecule has 2 aliphatic heterocycles. The number of fused-ring (bicyclic) bond motifs is 1. The molecule has 4 heterocycles. The van der Waals surface area contributed by atoms with E-state index in [0.29, 0.717) is 36.8 Å². The summed E-state index contributed by atoms with van der Waals surface area (Å²) in [6.07, 6.45) is 1.57. The van der Waals surface area contributed by atoms with E-state index >= 15 is 0 Å². The standard InChI is InChI=1S/C16H20N4O3S/c21-15-14-11(3-9-24-14)17-13(18-15)10-19-4-6-20(7-5-19)16(22)12-2-1-8-23-12/h3,9,12H,1-2,4-8,10H2,(H,17,18,21)/t12-/m0/s1. The maximum absolute atomic E-state index is 12.4. The number of piperazine rings is 1. The van der Waals surface area contributed by atoms with Gasteiger partial charge in [-0.3, -0.25) is 14.5 Å². The Morgan fingerprint density at radius 1 is 1.38 bits per heavy atom. The molecular formula is C16H20N4O3S. The number of amides is 1. The molecule has 0 radical (unpaired) electrons. The zero-order chi connectivity index (χ0) is 16.5. The van der Waals surface area contributed by atoms with Crippen LogP contribution in [0.3, 0.4) is 0 Å². The topological polar surface area (TPSA) is 78.5 Å². The first-order valence-corrected chi connectivity index (χ1v) is 9.18. The smallest absolute Gasteiger partial charge is 0.268 e. The van der Waals surface area contributed by atoms with Crippen molar-refractivity contribution in [2.75, 3.05) is 32.8 Å². The minimum atomic E-state index is -0.240. The number of carbonyl (C=O) groups excluding carboxylic acids is 1. The molecule has 2 saturated heterocycles. The summed E-state index contributed by atoms with van der Waals surface area (Å²) in [4.78, 5) is 35.9. The van der Waals surface area contributed by atoms with Gasteiger partial charge in [-0.05, 0) is 24.3 Å². The van der Waals surface area contributed by atoms with E-state index in [0.717, 1.165) is 31.4 Å². The van der Waals surface area contributed by atoms with Crippen molar-refractivity contribution in [3.05, 3.63) is 27.6 Å². The predicted molar refractivity (Wildman–Crippen MR) is 91.1 cm³/mol. The van der Waals surface area contributed by atoms with Gasteiger partial charge < -0.3 is 14.6 Å². The molecule has 0 unspecified atom stereocenters. The molecule has 0 saturated carbocycles. The SMILES string of the molecule is O=C([C@@H]1CCCO1)N1CCN(Cc2nc3ccsc3c(=O)[nH]2)CC1. The van der Waals surface area contributed by atoms with Gasteiger partial charge in [-0.2, -0.15) is 0 Å². The van der Waals surface area contributed by atoms with E-state index in [2.05, 4.69) is 14.9 Å². The monoisotopic (exact) mass is 348 g/mol. The number of thiophene rings is 1. The molecule has 0 aromatic carbocycles. The Morgan fingerprint density at radius 3 is 2.96 bits per heavy atom. The Morgan fingerprint density at radius 2 is 2.21 bits per heavy atom. The van der Waals surface area contributed by atoms with Gasteiger partial charge >= 0.3 is 0 Å². The number of ether oxygens (including phenoxy) is 1. The van der Waals surface area contributed by atoms with E-state index in [1.165, 1.54) is 11.3 Å². The average molecular weight is 348 g/mol. The van der Waals surface area contributed by atoms with Crippen LogP contribution in [0, 0.1) is 0 Å². The number of carbonyl (C=O) groups is 1. The Kier molecular flexibility index (Phi) is 4.34. The van der Waals surface area contributed by atoms with Gasteiger partial charge in [0.2, 0.25) is 0 Å². The summed E-state index contributed by atoms with van der Waals surface area (Å²) in [7, 11) is 0. The van der Waals surface area contributed by atoms with Crippen LogP contribution >= 0.6 is 11.3 Å². The van der Waals surface area contributed by atoms with E-state index in [4.69, 9.17) is 4.74 Å². The van der Waals surface area contributed by atoms with Crippen molar-refractivity contribution >= 4 is 27.5 Å². The van der Waals surface area contributed by atoms with Gasteiger partial charge in [-0.1, -0.05) is 0 Å². The van der Waals surface area contributed by atoms with Gasteiger partial charge in [-0.25, -0.2) is 4.98 Å². The zero-order valence-electron chi connectivity index (χ0n) is 13.4. The zero-order valence-corrected chi connectivity index (χ0v) is 14.2. The van der Waals surface area contributed by atoms with E-state index < -0.39 is 0 Å². The van der Waals surface area contributed by atoms with E-state index in [9.17, 15) is 9.59 Å². The summed E-state index contributed by atoms with van der Waals surface area (Å²) in [6.45, 7) is 4.25. The number of rotatable bonds is 3. The van der Waals surface area contributed by atoms with Crippen molar-refractivity contribution in [2.24, 2.45) is 0 Å². The second kappa shape index (κ2) is 6.62. The van der Waals surface area contributed by atoms with Crippen LogP contribution in [0.1, 0.15) is 18.7 Å².